The third kappa shape index (κ3) is 3.57. The summed E-state index contributed by atoms with van der Waals surface area (Å²) in [6.07, 6.45) is 6.96. The molecule has 0 saturated carbocycles. The van der Waals surface area contributed by atoms with Crippen LogP contribution in [0.5, 0.6) is 0 Å². The van der Waals surface area contributed by atoms with E-state index in [2.05, 4.69) is 71.0 Å². The molecule has 0 unspecified atom stereocenters. The highest BCUT2D eigenvalue weighted by Crippen LogP contribution is 2.38. The first-order chi connectivity index (χ1) is 12.4. The van der Waals surface area contributed by atoms with Gasteiger partial charge >= 0.3 is 0 Å². The zero-order valence-corrected chi connectivity index (χ0v) is 17.3. The fourth-order valence-corrected chi connectivity index (χ4v) is 4.74. The van der Waals surface area contributed by atoms with Crippen LogP contribution in [0, 0.1) is 12.8 Å². The quantitative estimate of drug-likeness (QED) is 0.481. The molecule has 3 rings (SSSR count). The molecule has 1 aromatic heterocycles. The summed E-state index contributed by atoms with van der Waals surface area (Å²) in [7, 11) is 0. The van der Waals surface area contributed by atoms with Crippen molar-refractivity contribution in [3.05, 3.63) is 70.9 Å². The van der Waals surface area contributed by atoms with Gasteiger partial charge < -0.3 is 5.73 Å². The SMILES string of the molecule is Cc1ccc2c(sc3ccc(C(C)C)cc32)c1C/C=C(\C=C/N)C(C)C. The molecule has 0 aliphatic carbocycles. The van der Waals surface area contributed by atoms with Crippen LogP contribution in [-0.2, 0) is 6.42 Å². The van der Waals surface area contributed by atoms with Gasteiger partial charge in [0.2, 0.25) is 0 Å². The maximum absolute atomic E-state index is 5.63. The molecular weight excluding hydrogens is 334 g/mol. The van der Waals surface area contributed by atoms with Crippen molar-refractivity contribution < 1.29 is 0 Å². The first-order valence-electron chi connectivity index (χ1n) is 9.45. The molecule has 0 spiro atoms. The molecule has 0 aliphatic rings. The van der Waals surface area contributed by atoms with Crippen LogP contribution in [0.15, 0.2) is 54.3 Å². The van der Waals surface area contributed by atoms with Gasteiger partial charge in [-0.1, -0.05) is 52.0 Å². The predicted octanol–water partition coefficient (Wildman–Crippen LogP) is 7.08. The summed E-state index contributed by atoms with van der Waals surface area (Å²) >= 11 is 1.92. The summed E-state index contributed by atoms with van der Waals surface area (Å²) in [5.41, 5.74) is 11.1. The molecule has 0 atom stereocenters. The topological polar surface area (TPSA) is 26.0 Å². The van der Waals surface area contributed by atoms with Crippen LogP contribution in [0.3, 0.4) is 0 Å². The van der Waals surface area contributed by atoms with Gasteiger partial charge in [0.1, 0.15) is 0 Å². The molecule has 136 valence electrons. The Balaban J connectivity index is 2.15. The predicted molar refractivity (Wildman–Crippen MR) is 118 cm³/mol. The molecule has 0 amide bonds. The van der Waals surface area contributed by atoms with E-state index in [1.165, 1.54) is 42.4 Å². The zero-order valence-electron chi connectivity index (χ0n) is 16.5. The van der Waals surface area contributed by atoms with Crippen LogP contribution in [0.2, 0.25) is 0 Å². The van der Waals surface area contributed by atoms with Gasteiger partial charge in [0.15, 0.2) is 0 Å². The molecule has 3 aromatic rings. The van der Waals surface area contributed by atoms with E-state index in [0.29, 0.717) is 11.8 Å². The summed E-state index contributed by atoms with van der Waals surface area (Å²) in [5, 5.41) is 2.79. The van der Waals surface area contributed by atoms with Crippen LogP contribution in [0.25, 0.3) is 20.2 Å². The van der Waals surface area contributed by atoms with Gasteiger partial charge in [-0.2, -0.15) is 0 Å². The Morgan fingerprint density at radius 2 is 1.85 bits per heavy atom. The van der Waals surface area contributed by atoms with Crippen LogP contribution in [0.1, 0.15) is 50.3 Å². The second-order valence-electron chi connectivity index (χ2n) is 7.67. The highest BCUT2D eigenvalue weighted by atomic mass is 32.1. The number of hydrogen-bond acceptors (Lipinski definition) is 2. The summed E-state index contributed by atoms with van der Waals surface area (Å²) in [6.45, 7) is 11.2. The molecule has 0 aliphatic heterocycles. The molecule has 0 bridgehead atoms. The van der Waals surface area contributed by atoms with E-state index < -0.39 is 0 Å². The van der Waals surface area contributed by atoms with Crippen molar-refractivity contribution in [1.29, 1.82) is 0 Å². The number of benzene rings is 2. The molecule has 2 aromatic carbocycles. The molecule has 0 fully saturated rings. The third-order valence-electron chi connectivity index (χ3n) is 5.16. The van der Waals surface area contributed by atoms with Gasteiger partial charge in [0.05, 0.1) is 0 Å². The minimum absolute atomic E-state index is 0.477. The number of thiophene rings is 1. The number of fused-ring (bicyclic) bond motifs is 3. The Kier molecular flexibility index (Phi) is 5.52. The Morgan fingerprint density at radius 1 is 1.08 bits per heavy atom. The molecule has 1 nitrogen and oxygen atoms in total. The first kappa shape index (κ1) is 18.7. The Bertz CT molecular complexity index is 986. The molecule has 1 heterocycles. The Hall–Kier alpha value is -2.06. The van der Waals surface area contributed by atoms with Crippen molar-refractivity contribution in [3.63, 3.8) is 0 Å². The number of aryl methyl sites for hydroxylation is 1. The van der Waals surface area contributed by atoms with Gasteiger partial charge in [-0.3, -0.25) is 0 Å². The van der Waals surface area contributed by atoms with E-state index in [4.69, 9.17) is 5.73 Å². The van der Waals surface area contributed by atoms with Crippen molar-refractivity contribution in [3.8, 4) is 0 Å². The van der Waals surface area contributed by atoms with E-state index >= 15 is 0 Å². The van der Waals surface area contributed by atoms with Crippen LogP contribution < -0.4 is 5.73 Å². The van der Waals surface area contributed by atoms with Crippen LogP contribution in [-0.4, -0.2) is 0 Å². The normalized spacial score (nSPS) is 13.1. The van der Waals surface area contributed by atoms with Gasteiger partial charge in [0.25, 0.3) is 0 Å². The largest absolute Gasteiger partial charge is 0.405 e. The average Bonchev–Trinajstić information content (AvgIpc) is 2.97. The molecule has 2 N–H and O–H groups in total. The number of hydrogen-bond donors (Lipinski definition) is 1. The van der Waals surface area contributed by atoms with Gasteiger partial charge in [-0.15, -0.1) is 11.3 Å². The second-order valence-corrected chi connectivity index (χ2v) is 8.72. The molecule has 2 heteroatoms. The minimum Gasteiger partial charge on any atom is -0.405 e. The Morgan fingerprint density at radius 3 is 2.50 bits per heavy atom. The first-order valence-corrected chi connectivity index (χ1v) is 10.3. The summed E-state index contributed by atoms with van der Waals surface area (Å²) in [4.78, 5) is 0. The van der Waals surface area contributed by atoms with Crippen LogP contribution in [0.4, 0.5) is 0 Å². The summed E-state index contributed by atoms with van der Waals surface area (Å²) in [6, 6.07) is 11.5. The second kappa shape index (κ2) is 7.67. The Labute approximate surface area is 161 Å². The minimum atomic E-state index is 0.477. The fraction of sp³-hybridized carbons (Fsp3) is 0.333. The standard InChI is InChI=1S/C24H29NS/c1-15(2)18(12-13-25)7-10-20-17(5)6-9-21-22-14-19(16(3)4)8-11-23(22)26-24(20)21/h6-9,11-16H,10,25H2,1-5H3/b13-12-,18-7+. The average molecular weight is 364 g/mol. The molecule has 0 saturated heterocycles. The van der Waals surface area contributed by atoms with Crippen molar-refractivity contribution >= 4 is 31.5 Å². The van der Waals surface area contributed by atoms with Gasteiger partial charge in [0, 0.05) is 20.2 Å². The van der Waals surface area contributed by atoms with Crippen molar-refractivity contribution in [2.24, 2.45) is 11.7 Å². The lowest BCUT2D eigenvalue weighted by molar-refractivity contribution is 0.786. The smallest absolute Gasteiger partial charge is 0.0393 e. The van der Waals surface area contributed by atoms with Crippen molar-refractivity contribution in [2.45, 2.75) is 47.0 Å². The maximum Gasteiger partial charge on any atom is 0.0393 e. The van der Waals surface area contributed by atoms with E-state index in [9.17, 15) is 0 Å². The van der Waals surface area contributed by atoms with Crippen molar-refractivity contribution in [2.75, 3.05) is 0 Å². The highest BCUT2D eigenvalue weighted by Gasteiger charge is 2.12. The van der Waals surface area contributed by atoms with E-state index in [1.807, 2.05) is 17.4 Å². The summed E-state index contributed by atoms with van der Waals surface area (Å²) < 4.78 is 2.81. The maximum atomic E-state index is 5.63. The molecular formula is C24H29NS. The number of nitrogens with two attached hydrogens (primary N) is 1. The van der Waals surface area contributed by atoms with Gasteiger partial charge in [-0.25, -0.2) is 0 Å². The number of allylic oxidation sites excluding steroid dienone is 3. The lowest BCUT2D eigenvalue weighted by atomic mass is 9.96. The molecule has 0 radical (unpaired) electrons. The van der Waals surface area contributed by atoms with E-state index in [0.717, 1.165) is 6.42 Å². The zero-order chi connectivity index (χ0) is 18.8. The van der Waals surface area contributed by atoms with Gasteiger partial charge in [-0.05, 0) is 71.9 Å². The van der Waals surface area contributed by atoms with Crippen molar-refractivity contribution in [1.82, 2.24) is 0 Å². The lowest BCUT2D eigenvalue weighted by Crippen LogP contribution is -1.95. The van der Waals surface area contributed by atoms with E-state index in [1.54, 1.807) is 6.20 Å². The highest BCUT2D eigenvalue weighted by molar-refractivity contribution is 7.26. The fourth-order valence-electron chi connectivity index (χ4n) is 3.45. The summed E-state index contributed by atoms with van der Waals surface area (Å²) in [5.74, 6) is 1.03. The monoisotopic (exact) mass is 363 g/mol. The van der Waals surface area contributed by atoms with Crippen LogP contribution >= 0.6 is 11.3 Å². The lowest BCUT2D eigenvalue weighted by Gasteiger charge is -2.09. The number of rotatable bonds is 5. The third-order valence-corrected chi connectivity index (χ3v) is 6.41. The van der Waals surface area contributed by atoms with E-state index in [-0.39, 0.29) is 0 Å². The molecule has 26 heavy (non-hydrogen) atoms.